The number of pyridine rings is 1. The molecule has 0 aromatic carbocycles. The number of ether oxygens (including phenoxy) is 1. The lowest BCUT2D eigenvalue weighted by atomic mass is 9.80. The van der Waals surface area contributed by atoms with Crippen LogP contribution in [0.25, 0.3) is 0 Å². The van der Waals surface area contributed by atoms with Gasteiger partial charge < -0.3 is 14.0 Å². The molecule has 1 aromatic rings. The Morgan fingerprint density at radius 3 is 2.43 bits per heavy atom. The normalized spacial score (nSPS) is 18.2. The average molecular weight is 315 g/mol. The molecule has 2 rings (SSSR count). The molecule has 5 nitrogen and oxygen atoms in total. The van der Waals surface area contributed by atoms with Gasteiger partial charge in [-0.2, -0.15) is 0 Å². The van der Waals surface area contributed by atoms with Gasteiger partial charge in [-0.3, -0.25) is 4.79 Å². The van der Waals surface area contributed by atoms with Crippen molar-refractivity contribution in [2.45, 2.75) is 52.2 Å². The van der Waals surface area contributed by atoms with Crippen LogP contribution in [0.4, 0.5) is 0 Å². The van der Waals surface area contributed by atoms with Gasteiger partial charge in [-0.05, 0) is 46.6 Å². The first kappa shape index (κ1) is 17.5. The van der Waals surface area contributed by atoms with Crippen molar-refractivity contribution in [2.75, 3.05) is 6.61 Å². The Balaban J connectivity index is 2.01. The van der Waals surface area contributed by atoms with Crippen molar-refractivity contribution in [1.29, 1.82) is 0 Å². The minimum Gasteiger partial charge on any atom is -0.465 e. The maximum atomic E-state index is 11.2. The maximum Gasteiger partial charge on any atom is 0.496 e. The highest BCUT2D eigenvalue weighted by molar-refractivity contribution is 6.62. The Morgan fingerprint density at radius 1 is 1.26 bits per heavy atom. The van der Waals surface area contributed by atoms with E-state index in [4.69, 9.17) is 14.0 Å². The molecule has 1 saturated heterocycles. The molecule has 0 aliphatic carbocycles. The van der Waals surface area contributed by atoms with Crippen LogP contribution >= 0.6 is 0 Å². The number of carbonyl (C=O) groups is 1. The second-order valence-electron chi connectivity index (χ2n) is 6.35. The molecule has 1 aliphatic heterocycles. The molecular formula is C17H22BNO4. The van der Waals surface area contributed by atoms with Gasteiger partial charge in [0.15, 0.2) is 0 Å². The number of hydrogen-bond donors (Lipinski definition) is 0. The van der Waals surface area contributed by atoms with Crippen LogP contribution in [0.15, 0.2) is 18.3 Å². The molecule has 0 spiro atoms. The summed E-state index contributed by atoms with van der Waals surface area (Å²) in [5.74, 6) is 5.27. The van der Waals surface area contributed by atoms with Gasteiger partial charge in [0.2, 0.25) is 0 Å². The standard InChI is InChI=1S/C17H22BNO4/c1-6-21-15(20)9-7-8-14-11-10-13(12-19-14)18-22-16(2,3)17(4,5)23-18/h10-12H,6,9H2,1-5H3. The summed E-state index contributed by atoms with van der Waals surface area (Å²) in [6.07, 6.45) is 1.75. The zero-order valence-corrected chi connectivity index (χ0v) is 14.3. The molecule has 0 saturated carbocycles. The van der Waals surface area contributed by atoms with Crippen molar-refractivity contribution in [2.24, 2.45) is 0 Å². The first-order chi connectivity index (χ1) is 10.7. The Labute approximate surface area is 137 Å². The largest absolute Gasteiger partial charge is 0.496 e. The van der Waals surface area contributed by atoms with Crippen LogP contribution in [0.1, 0.15) is 46.7 Å². The van der Waals surface area contributed by atoms with Crippen LogP contribution in [-0.4, -0.2) is 35.9 Å². The fourth-order valence-electron chi connectivity index (χ4n) is 2.02. The molecule has 0 radical (unpaired) electrons. The fourth-order valence-corrected chi connectivity index (χ4v) is 2.02. The van der Waals surface area contributed by atoms with Gasteiger partial charge in [-0.25, -0.2) is 4.98 Å². The molecule has 1 fully saturated rings. The highest BCUT2D eigenvalue weighted by Gasteiger charge is 2.51. The zero-order chi connectivity index (χ0) is 17.1. The molecule has 0 bridgehead atoms. The molecule has 0 amide bonds. The fraction of sp³-hybridized carbons (Fsp3) is 0.529. The first-order valence-electron chi connectivity index (χ1n) is 7.71. The lowest BCUT2D eigenvalue weighted by Gasteiger charge is -2.32. The van der Waals surface area contributed by atoms with E-state index in [2.05, 4.69) is 16.8 Å². The van der Waals surface area contributed by atoms with Gasteiger partial charge in [-0.15, -0.1) is 0 Å². The van der Waals surface area contributed by atoms with Crippen molar-refractivity contribution >= 4 is 18.6 Å². The molecule has 23 heavy (non-hydrogen) atoms. The summed E-state index contributed by atoms with van der Waals surface area (Å²) < 4.78 is 16.8. The van der Waals surface area contributed by atoms with Crippen LogP contribution in [0.3, 0.4) is 0 Å². The Hall–Kier alpha value is -1.84. The second kappa shape index (κ2) is 6.73. The van der Waals surface area contributed by atoms with Gasteiger partial charge in [-0.1, -0.05) is 12.0 Å². The maximum absolute atomic E-state index is 11.2. The Bertz CT molecular complexity index is 612. The summed E-state index contributed by atoms with van der Waals surface area (Å²) >= 11 is 0. The van der Waals surface area contributed by atoms with Gasteiger partial charge >= 0.3 is 13.1 Å². The van der Waals surface area contributed by atoms with E-state index in [0.29, 0.717) is 12.3 Å². The zero-order valence-electron chi connectivity index (χ0n) is 14.3. The summed E-state index contributed by atoms with van der Waals surface area (Å²) in [5, 5.41) is 0. The van der Waals surface area contributed by atoms with E-state index in [9.17, 15) is 4.79 Å². The van der Waals surface area contributed by atoms with Gasteiger partial charge in [0.05, 0.1) is 17.8 Å². The van der Waals surface area contributed by atoms with E-state index in [1.807, 2.05) is 33.8 Å². The molecule has 0 atom stereocenters. The number of aromatic nitrogens is 1. The van der Waals surface area contributed by atoms with E-state index in [0.717, 1.165) is 5.46 Å². The van der Waals surface area contributed by atoms with E-state index < -0.39 is 7.12 Å². The van der Waals surface area contributed by atoms with E-state index in [-0.39, 0.29) is 23.6 Å². The highest BCUT2D eigenvalue weighted by atomic mass is 16.7. The first-order valence-corrected chi connectivity index (χ1v) is 7.71. The summed E-state index contributed by atoms with van der Waals surface area (Å²) in [5.41, 5.74) is 0.681. The van der Waals surface area contributed by atoms with Crippen molar-refractivity contribution in [3.05, 3.63) is 24.0 Å². The lowest BCUT2D eigenvalue weighted by molar-refractivity contribution is -0.141. The molecule has 1 aromatic heterocycles. The highest BCUT2D eigenvalue weighted by Crippen LogP contribution is 2.36. The van der Waals surface area contributed by atoms with Crippen LogP contribution < -0.4 is 5.46 Å². The quantitative estimate of drug-likeness (QED) is 0.483. The molecular weight excluding hydrogens is 293 g/mol. The van der Waals surface area contributed by atoms with Crippen molar-refractivity contribution in [3.8, 4) is 11.8 Å². The van der Waals surface area contributed by atoms with Crippen LogP contribution in [0, 0.1) is 11.8 Å². The summed E-state index contributed by atoms with van der Waals surface area (Å²) in [4.78, 5) is 15.5. The Kier molecular flexibility index (Phi) is 5.13. The molecule has 1 aliphatic rings. The van der Waals surface area contributed by atoms with E-state index in [1.54, 1.807) is 19.2 Å². The van der Waals surface area contributed by atoms with Gasteiger partial charge in [0, 0.05) is 11.7 Å². The summed E-state index contributed by atoms with van der Waals surface area (Å²) in [6, 6.07) is 3.67. The third kappa shape index (κ3) is 4.12. The predicted octanol–water partition coefficient (Wildman–Crippen LogP) is 1.69. The third-order valence-electron chi connectivity index (χ3n) is 4.07. The van der Waals surface area contributed by atoms with Gasteiger partial charge in [0.25, 0.3) is 0 Å². The van der Waals surface area contributed by atoms with E-state index >= 15 is 0 Å². The molecule has 0 unspecified atom stereocenters. The number of hydrogen-bond acceptors (Lipinski definition) is 5. The molecule has 122 valence electrons. The van der Waals surface area contributed by atoms with Crippen LogP contribution in [0.2, 0.25) is 0 Å². The average Bonchev–Trinajstić information content (AvgIpc) is 2.68. The van der Waals surface area contributed by atoms with Crippen LogP contribution in [0.5, 0.6) is 0 Å². The van der Waals surface area contributed by atoms with Gasteiger partial charge in [0.1, 0.15) is 12.1 Å². The number of carbonyl (C=O) groups excluding carboxylic acids is 1. The minimum absolute atomic E-state index is 0.0640. The molecule has 0 N–H and O–H groups in total. The minimum atomic E-state index is -0.436. The van der Waals surface area contributed by atoms with E-state index in [1.165, 1.54) is 0 Å². The SMILES string of the molecule is CCOC(=O)CC#Cc1ccc(B2OC(C)(C)C(C)(C)O2)cn1. The van der Waals surface area contributed by atoms with Crippen LogP contribution in [-0.2, 0) is 18.8 Å². The second-order valence-corrected chi connectivity index (χ2v) is 6.35. The monoisotopic (exact) mass is 315 g/mol. The predicted molar refractivity (Wildman–Crippen MR) is 88.1 cm³/mol. The number of nitrogens with zero attached hydrogens (tertiary/aromatic N) is 1. The lowest BCUT2D eigenvalue weighted by Crippen LogP contribution is -2.41. The smallest absolute Gasteiger partial charge is 0.465 e. The van der Waals surface area contributed by atoms with Crippen molar-refractivity contribution < 1.29 is 18.8 Å². The summed E-state index contributed by atoms with van der Waals surface area (Å²) in [6.45, 7) is 10.2. The number of rotatable bonds is 3. The third-order valence-corrected chi connectivity index (χ3v) is 4.07. The topological polar surface area (TPSA) is 57.7 Å². The Morgan fingerprint density at radius 2 is 1.91 bits per heavy atom. The van der Waals surface area contributed by atoms with Crippen molar-refractivity contribution in [3.63, 3.8) is 0 Å². The molecule has 6 heteroatoms. The van der Waals surface area contributed by atoms with Crippen molar-refractivity contribution in [1.82, 2.24) is 4.98 Å². The molecule has 2 heterocycles. The number of esters is 1. The summed E-state index contributed by atoms with van der Waals surface area (Å²) in [7, 11) is -0.436.